The molecule has 1 aliphatic rings. The van der Waals surface area contributed by atoms with Crippen molar-refractivity contribution in [1.29, 1.82) is 0 Å². The van der Waals surface area contributed by atoms with Crippen molar-refractivity contribution in [3.05, 3.63) is 12.7 Å². The van der Waals surface area contributed by atoms with E-state index >= 15 is 0 Å². The Labute approximate surface area is 178 Å². The number of likely N-dealkylation sites (tertiary alicyclic amines) is 1. The lowest BCUT2D eigenvalue weighted by Crippen LogP contribution is -2.55. The Hall–Kier alpha value is -1.73. The number of hydrogen-bond donors (Lipinski definition) is 1. The number of alkyl carbamates (subject to hydrolysis) is 1. The molecule has 174 valence electrons. The van der Waals surface area contributed by atoms with E-state index in [1.165, 1.54) is 0 Å². The van der Waals surface area contributed by atoms with Crippen molar-refractivity contribution in [1.82, 2.24) is 10.2 Å². The molecular formula is C22H37F3N2O3. The Kier molecular flexibility index (Phi) is 9.69. The van der Waals surface area contributed by atoms with Gasteiger partial charge in [0, 0.05) is 12.6 Å². The fraction of sp³-hybridized carbons (Fsp3) is 0.818. The highest BCUT2D eigenvalue weighted by Gasteiger charge is 2.51. The summed E-state index contributed by atoms with van der Waals surface area (Å²) in [7, 11) is 0. The van der Waals surface area contributed by atoms with Gasteiger partial charge in [-0.15, -0.1) is 6.58 Å². The zero-order valence-corrected chi connectivity index (χ0v) is 18.8. The molecule has 1 aliphatic heterocycles. The Balaban J connectivity index is 3.02. The molecule has 0 spiro atoms. The summed E-state index contributed by atoms with van der Waals surface area (Å²) in [6.45, 7) is 11.8. The van der Waals surface area contributed by atoms with Crippen LogP contribution in [0.1, 0.15) is 73.1 Å². The van der Waals surface area contributed by atoms with Crippen LogP contribution in [0, 0.1) is 11.8 Å². The van der Waals surface area contributed by atoms with Crippen molar-refractivity contribution in [3.8, 4) is 0 Å². The first kappa shape index (κ1) is 26.3. The molecule has 1 saturated heterocycles. The van der Waals surface area contributed by atoms with Gasteiger partial charge in [-0.25, -0.2) is 4.79 Å². The van der Waals surface area contributed by atoms with Gasteiger partial charge in [0.25, 0.3) is 0 Å². The molecule has 1 fully saturated rings. The predicted octanol–water partition coefficient (Wildman–Crippen LogP) is 5.45. The molecule has 2 unspecified atom stereocenters. The van der Waals surface area contributed by atoms with Crippen LogP contribution in [-0.4, -0.2) is 47.3 Å². The molecule has 30 heavy (non-hydrogen) atoms. The Bertz CT molecular complexity index is 593. The molecule has 4 atom stereocenters. The smallest absolute Gasteiger partial charge is 0.427 e. The lowest BCUT2D eigenvalue weighted by atomic mass is 9.85. The molecule has 1 rings (SSSR count). The summed E-state index contributed by atoms with van der Waals surface area (Å²) in [5.74, 6) is -0.167. The highest BCUT2D eigenvalue weighted by atomic mass is 19.4. The summed E-state index contributed by atoms with van der Waals surface area (Å²) in [5, 5.41) is 2.48. The van der Waals surface area contributed by atoms with Crippen molar-refractivity contribution >= 4 is 12.0 Å². The summed E-state index contributed by atoms with van der Waals surface area (Å²) in [4.78, 5) is 27.4. The third-order valence-electron chi connectivity index (χ3n) is 5.97. The number of ether oxygens (including phenoxy) is 1. The zero-order valence-electron chi connectivity index (χ0n) is 18.8. The molecule has 5 nitrogen and oxygen atoms in total. The average molecular weight is 435 g/mol. The number of nitrogens with zero attached hydrogens (tertiary/aromatic N) is 1. The minimum Gasteiger partial charge on any atom is -0.434 e. The molecule has 2 amide bonds. The van der Waals surface area contributed by atoms with Crippen molar-refractivity contribution < 1.29 is 27.5 Å². The first-order valence-electron chi connectivity index (χ1n) is 10.8. The molecular weight excluding hydrogens is 397 g/mol. The fourth-order valence-corrected chi connectivity index (χ4v) is 3.84. The third kappa shape index (κ3) is 7.20. The number of carbonyl (C=O) groups excluding carboxylic acids is 2. The third-order valence-corrected chi connectivity index (χ3v) is 5.97. The number of amides is 2. The average Bonchev–Trinajstić information content (AvgIpc) is 3.06. The van der Waals surface area contributed by atoms with Gasteiger partial charge in [-0.1, -0.05) is 26.3 Å². The van der Waals surface area contributed by atoms with E-state index in [0.717, 1.165) is 39.5 Å². The predicted molar refractivity (Wildman–Crippen MR) is 111 cm³/mol. The van der Waals surface area contributed by atoms with Crippen LogP contribution in [0.4, 0.5) is 18.0 Å². The number of alkyl halides is 3. The number of hydrogen-bond acceptors (Lipinski definition) is 3. The van der Waals surface area contributed by atoms with Gasteiger partial charge in [0.05, 0.1) is 0 Å². The maximum Gasteiger partial charge on any atom is 0.427 e. The minimum atomic E-state index is -4.71. The van der Waals surface area contributed by atoms with Crippen molar-refractivity contribution in [2.75, 3.05) is 6.54 Å². The van der Waals surface area contributed by atoms with E-state index in [0.29, 0.717) is 19.4 Å². The second-order valence-corrected chi connectivity index (χ2v) is 8.92. The van der Waals surface area contributed by atoms with Crippen molar-refractivity contribution in [2.24, 2.45) is 11.8 Å². The van der Waals surface area contributed by atoms with E-state index < -0.39 is 23.9 Å². The SMILES string of the molecule is C=CCC[C@@H](C)CC(CC)[C@H](NC(=O)OC(C)(C)C(F)(F)F)C(=O)N1CCCC1C. The molecule has 0 aromatic heterocycles. The number of allylic oxidation sites excluding steroid dienone is 1. The minimum absolute atomic E-state index is 0.0418. The monoisotopic (exact) mass is 434 g/mol. The van der Waals surface area contributed by atoms with Crippen LogP contribution in [0.2, 0.25) is 0 Å². The highest BCUT2D eigenvalue weighted by Crippen LogP contribution is 2.33. The molecule has 0 saturated carbocycles. The lowest BCUT2D eigenvalue weighted by molar-refractivity contribution is -0.244. The first-order valence-corrected chi connectivity index (χ1v) is 10.8. The van der Waals surface area contributed by atoms with Gasteiger partial charge >= 0.3 is 12.3 Å². The zero-order chi connectivity index (χ0) is 23.1. The maximum absolute atomic E-state index is 13.3. The first-order chi connectivity index (χ1) is 13.8. The molecule has 1 heterocycles. The molecule has 0 bridgehead atoms. The van der Waals surface area contributed by atoms with E-state index in [2.05, 4.69) is 23.6 Å². The summed E-state index contributed by atoms with van der Waals surface area (Å²) < 4.78 is 44.0. The van der Waals surface area contributed by atoms with Crippen LogP contribution in [0.3, 0.4) is 0 Å². The number of rotatable bonds is 10. The summed E-state index contributed by atoms with van der Waals surface area (Å²) in [6.07, 6.45) is 0.665. The highest BCUT2D eigenvalue weighted by molar-refractivity contribution is 5.86. The number of carbonyl (C=O) groups is 2. The van der Waals surface area contributed by atoms with Crippen LogP contribution in [0.25, 0.3) is 0 Å². The van der Waals surface area contributed by atoms with E-state index in [-0.39, 0.29) is 23.8 Å². The number of halogens is 3. The van der Waals surface area contributed by atoms with Gasteiger partial charge < -0.3 is 15.0 Å². The quantitative estimate of drug-likeness (QED) is 0.465. The maximum atomic E-state index is 13.3. The summed E-state index contributed by atoms with van der Waals surface area (Å²) >= 11 is 0. The Morgan fingerprint density at radius 3 is 2.43 bits per heavy atom. The molecule has 0 aliphatic carbocycles. The fourth-order valence-electron chi connectivity index (χ4n) is 3.84. The topological polar surface area (TPSA) is 58.6 Å². The Morgan fingerprint density at radius 1 is 1.33 bits per heavy atom. The van der Waals surface area contributed by atoms with Gasteiger partial charge in [0.1, 0.15) is 6.04 Å². The van der Waals surface area contributed by atoms with Gasteiger partial charge in [-0.2, -0.15) is 13.2 Å². The van der Waals surface area contributed by atoms with Gasteiger partial charge in [0.15, 0.2) is 0 Å². The van der Waals surface area contributed by atoms with E-state index in [9.17, 15) is 22.8 Å². The normalized spacial score (nSPS) is 20.4. The standard InChI is InChI=1S/C22H37F3N2O3/c1-7-9-11-15(3)14-17(8-2)18(19(28)27-13-10-12-16(27)4)26-20(29)30-21(5,6)22(23,24)25/h7,15-18H,1,8-14H2,2-6H3,(H,26,29)/t15-,16?,17?,18+/m1/s1. The lowest BCUT2D eigenvalue weighted by Gasteiger charge is -2.34. The van der Waals surface area contributed by atoms with Crippen LogP contribution >= 0.6 is 0 Å². The largest absolute Gasteiger partial charge is 0.434 e. The Morgan fingerprint density at radius 2 is 1.97 bits per heavy atom. The van der Waals surface area contributed by atoms with Crippen LogP contribution in [0.5, 0.6) is 0 Å². The second kappa shape index (κ2) is 11.0. The van der Waals surface area contributed by atoms with Crippen LogP contribution < -0.4 is 5.32 Å². The van der Waals surface area contributed by atoms with E-state index in [1.54, 1.807) is 4.90 Å². The molecule has 0 aromatic carbocycles. The van der Waals surface area contributed by atoms with Gasteiger partial charge in [-0.3, -0.25) is 4.79 Å². The second-order valence-electron chi connectivity index (χ2n) is 8.92. The summed E-state index contributed by atoms with van der Waals surface area (Å²) in [5.41, 5.74) is -2.65. The van der Waals surface area contributed by atoms with Crippen LogP contribution in [0.15, 0.2) is 12.7 Å². The van der Waals surface area contributed by atoms with Gasteiger partial charge in [-0.05, 0) is 64.7 Å². The van der Waals surface area contributed by atoms with Crippen molar-refractivity contribution in [2.45, 2.75) is 97.0 Å². The molecule has 0 radical (unpaired) electrons. The summed E-state index contributed by atoms with van der Waals surface area (Å²) in [6, 6.07) is -0.876. The van der Waals surface area contributed by atoms with Gasteiger partial charge in [0.2, 0.25) is 11.5 Å². The molecule has 8 heteroatoms. The number of nitrogens with one attached hydrogen (secondary N) is 1. The van der Waals surface area contributed by atoms with Crippen molar-refractivity contribution in [3.63, 3.8) is 0 Å². The molecule has 1 N–H and O–H groups in total. The van der Waals surface area contributed by atoms with E-state index in [4.69, 9.17) is 0 Å². The molecule has 0 aromatic rings. The van der Waals surface area contributed by atoms with Crippen LogP contribution in [-0.2, 0) is 9.53 Å². The van der Waals surface area contributed by atoms with E-state index in [1.807, 2.05) is 19.9 Å².